The summed E-state index contributed by atoms with van der Waals surface area (Å²) in [6.45, 7) is -0.229. The van der Waals surface area contributed by atoms with Gasteiger partial charge in [-0.2, -0.15) is 13.2 Å². The van der Waals surface area contributed by atoms with Gasteiger partial charge in [-0.05, 0) is 17.7 Å². The van der Waals surface area contributed by atoms with Crippen molar-refractivity contribution in [2.45, 2.75) is 12.7 Å². The molecule has 0 heterocycles. The van der Waals surface area contributed by atoms with E-state index in [1.54, 1.807) is 0 Å². The highest BCUT2D eigenvalue weighted by Crippen LogP contribution is 2.32. The topological polar surface area (TPSA) is 52.0 Å². The van der Waals surface area contributed by atoms with Crippen molar-refractivity contribution in [3.05, 3.63) is 29.1 Å². The Kier molecular flexibility index (Phi) is 2.66. The first-order chi connectivity index (χ1) is 6.36. The summed E-state index contributed by atoms with van der Waals surface area (Å²) in [5.74, 6) is -1.10. The molecule has 1 aromatic carbocycles. The monoisotopic (exact) mass is 208 g/mol. The molecule has 2 nitrogen and oxygen atoms in total. The van der Waals surface area contributed by atoms with Crippen molar-refractivity contribution in [2.75, 3.05) is 5.73 Å². The third-order valence-electron chi connectivity index (χ3n) is 1.76. The van der Waals surface area contributed by atoms with Gasteiger partial charge in [-0.3, -0.25) is 0 Å². The first kappa shape index (κ1) is 10.8. The van der Waals surface area contributed by atoms with E-state index in [9.17, 15) is 17.6 Å². The summed E-state index contributed by atoms with van der Waals surface area (Å²) in [5.41, 5.74) is 8.84. The summed E-state index contributed by atoms with van der Waals surface area (Å²) in [6.07, 6.45) is -4.58. The lowest BCUT2D eigenvalue weighted by atomic mass is 10.1. The molecule has 0 saturated heterocycles. The molecule has 0 aliphatic heterocycles. The highest BCUT2D eigenvalue weighted by Gasteiger charge is 2.31. The normalized spacial score (nSPS) is 11.8. The molecule has 0 unspecified atom stereocenters. The van der Waals surface area contributed by atoms with Crippen LogP contribution in [0, 0.1) is 5.82 Å². The van der Waals surface area contributed by atoms with Crippen molar-refractivity contribution in [3.8, 4) is 0 Å². The van der Waals surface area contributed by atoms with E-state index < -0.39 is 17.6 Å². The highest BCUT2D eigenvalue weighted by atomic mass is 19.4. The number of nitrogens with two attached hydrogens (primary N) is 2. The zero-order valence-electron chi connectivity index (χ0n) is 7.03. The molecular weight excluding hydrogens is 200 g/mol. The summed E-state index contributed by atoms with van der Waals surface area (Å²) < 4.78 is 49.4. The number of nitrogen functional groups attached to an aromatic ring is 1. The number of hydrogen-bond donors (Lipinski definition) is 2. The summed E-state index contributed by atoms with van der Waals surface area (Å²) in [6, 6.07) is 1.10. The number of benzene rings is 1. The number of alkyl halides is 3. The van der Waals surface area contributed by atoms with Gasteiger partial charge < -0.3 is 11.5 Å². The van der Waals surface area contributed by atoms with E-state index in [1.165, 1.54) is 0 Å². The maximum absolute atomic E-state index is 12.9. The molecule has 0 saturated carbocycles. The Bertz CT molecular complexity index is 346. The summed E-state index contributed by atoms with van der Waals surface area (Å²) >= 11 is 0. The maximum atomic E-state index is 12.9. The molecule has 14 heavy (non-hydrogen) atoms. The molecule has 0 radical (unpaired) electrons. The average molecular weight is 208 g/mol. The Balaban J connectivity index is 3.30. The van der Waals surface area contributed by atoms with Crippen LogP contribution in [0.2, 0.25) is 0 Å². The molecule has 0 aromatic heterocycles. The fourth-order valence-corrected chi connectivity index (χ4v) is 1.01. The van der Waals surface area contributed by atoms with E-state index in [2.05, 4.69) is 0 Å². The van der Waals surface area contributed by atoms with Gasteiger partial charge in [0, 0.05) is 6.54 Å². The van der Waals surface area contributed by atoms with E-state index in [-0.39, 0.29) is 17.8 Å². The largest absolute Gasteiger partial charge is 0.416 e. The van der Waals surface area contributed by atoms with Crippen LogP contribution in [0.5, 0.6) is 0 Å². The zero-order chi connectivity index (χ0) is 10.9. The van der Waals surface area contributed by atoms with E-state index in [1.807, 2.05) is 0 Å². The SMILES string of the molecule is NCc1cc(C(F)(F)F)cc(F)c1N. The Morgan fingerprint density at radius 2 is 1.79 bits per heavy atom. The van der Waals surface area contributed by atoms with Crippen molar-refractivity contribution in [2.24, 2.45) is 5.73 Å². The van der Waals surface area contributed by atoms with Crippen LogP contribution in [0.3, 0.4) is 0 Å². The van der Waals surface area contributed by atoms with Gasteiger partial charge in [0.1, 0.15) is 5.82 Å². The Morgan fingerprint density at radius 1 is 1.21 bits per heavy atom. The minimum atomic E-state index is -4.58. The van der Waals surface area contributed by atoms with E-state index in [0.29, 0.717) is 6.07 Å². The molecule has 0 amide bonds. The first-order valence-corrected chi connectivity index (χ1v) is 3.71. The lowest BCUT2D eigenvalue weighted by Gasteiger charge is -2.10. The summed E-state index contributed by atoms with van der Waals surface area (Å²) in [4.78, 5) is 0. The maximum Gasteiger partial charge on any atom is 0.416 e. The predicted octanol–water partition coefficient (Wildman–Crippen LogP) is 1.89. The van der Waals surface area contributed by atoms with Gasteiger partial charge in [-0.1, -0.05) is 0 Å². The van der Waals surface area contributed by atoms with Crippen LogP contribution in [0.15, 0.2) is 12.1 Å². The van der Waals surface area contributed by atoms with Gasteiger partial charge in [0.2, 0.25) is 0 Å². The summed E-state index contributed by atoms with van der Waals surface area (Å²) in [7, 11) is 0. The molecular formula is C8H8F4N2. The number of hydrogen-bond acceptors (Lipinski definition) is 2. The number of rotatable bonds is 1. The number of anilines is 1. The smallest absolute Gasteiger partial charge is 0.396 e. The molecule has 0 spiro atoms. The minimum Gasteiger partial charge on any atom is -0.396 e. The fourth-order valence-electron chi connectivity index (χ4n) is 1.01. The number of halogens is 4. The second-order valence-corrected chi connectivity index (χ2v) is 2.73. The van der Waals surface area contributed by atoms with Gasteiger partial charge in [0.15, 0.2) is 0 Å². The minimum absolute atomic E-state index is 0.0441. The van der Waals surface area contributed by atoms with E-state index in [0.717, 1.165) is 6.07 Å². The molecule has 0 bridgehead atoms. The van der Waals surface area contributed by atoms with Gasteiger partial charge in [-0.15, -0.1) is 0 Å². The molecule has 6 heteroatoms. The molecule has 0 aliphatic rings. The zero-order valence-corrected chi connectivity index (χ0v) is 7.03. The molecule has 0 atom stereocenters. The van der Waals surface area contributed by atoms with Crippen LogP contribution in [-0.4, -0.2) is 0 Å². The van der Waals surface area contributed by atoms with Crippen LogP contribution >= 0.6 is 0 Å². The lowest BCUT2D eigenvalue weighted by Crippen LogP contribution is -2.10. The van der Waals surface area contributed by atoms with Crippen LogP contribution in [0.1, 0.15) is 11.1 Å². The third-order valence-corrected chi connectivity index (χ3v) is 1.76. The summed E-state index contributed by atoms with van der Waals surface area (Å²) in [5, 5.41) is 0. The van der Waals surface area contributed by atoms with Crippen molar-refractivity contribution >= 4 is 5.69 Å². The molecule has 0 aliphatic carbocycles. The van der Waals surface area contributed by atoms with Crippen LogP contribution in [-0.2, 0) is 12.7 Å². The lowest BCUT2D eigenvalue weighted by molar-refractivity contribution is -0.137. The average Bonchev–Trinajstić information content (AvgIpc) is 2.07. The van der Waals surface area contributed by atoms with Gasteiger partial charge in [0.25, 0.3) is 0 Å². The Labute approximate surface area is 77.5 Å². The molecule has 4 N–H and O–H groups in total. The van der Waals surface area contributed by atoms with Crippen molar-refractivity contribution in [1.82, 2.24) is 0 Å². The Morgan fingerprint density at radius 3 is 2.21 bits per heavy atom. The van der Waals surface area contributed by atoms with E-state index in [4.69, 9.17) is 11.5 Å². The first-order valence-electron chi connectivity index (χ1n) is 3.71. The second kappa shape index (κ2) is 3.45. The Hall–Kier alpha value is -1.30. The fraction of sp³-hybridized carbons (Fsp3) is 0.250. The third kappa shape index (κ3) is 1.95. The molecule has 1 rings (SSSR count). The van der Waals surface area contributed by atoms with Crippen LogP contribution in [0.25, 0.3) is 0 Å². The highest BCUT2D eigenvalue weighted by molar-refractivity contribution is 5.50. The van der Waals surface area contributed by atoms with Crippen LogP contribution < -0.4 is 11.5 Å². The van der Waals surface area contributed by atoms with Crippen LogP contribution in [0.4, 0.5) is 23.2 Å². The van der Waals surface area contributed by atoms with Crippen molar-refractivity contribution < 1.29 is 17.6 Å². The molecule has 1 aromatic rings. The molecule has 0 fully saturated rings. The van der Waals surface area contributed by atoms with E-state index >= 15 is 0 Å². The van der Waals surface area contributed by atoms with Crippen molar-refractivity contribution in [1.29, 1.82) is 0 Å². The predicted molar refractivity (Wildman–Crippen MR) is 43.7 cm³/mol. The van der Waals surface area contributed by atoms with Gasteiger partial charge >= 0.3 is 6.18 Å². The standard InChI is InChI=1S/C8H8F4N2/c9-6-2-5(8(10,11)12)1-4(3-13)7(6)14/h1-2H,3,13-14H2. The quantitative estimate of drug-likeness (QED) is 0.547. The van der Waals surface area contributed by atoms with Gasteiger partial charge in [-0.25, -0.2) is 4.39 Å². The van der Waals surface area contributed by atoms with Gasteiger partial charge in [0.05, 0.1) is 11.3 Å². The second-order valence-electron chi connectivity index (χ2n) is 2.73. The van der Waals surface area contributed by atoms with Crippen molar-refractivity contribution in [3.63, 3.8) is 0 Å². The molecule has 78 valence electrons.